The van der Waals surface area contributed by atoms with Crippen molar-refractivity contribution >= 4 is 35.3 Å². The summed E-state index contributed by atoms with van der Waals surface area (Å²) in [4.78, 5) is 41.4. The van der Waals surface area contributed by atoms with Crippen molar-refractivity contribution in [2.24, 2.45) is 0 Å². The molecule has 1 N–H and O–H groups in total. The largest absolute Gasteiger partial charge is 0.497 e. The third-order valence-corrected chi connectivity index (χ3v) is 6.53. The molecule has 4 rings (SSSR count). The van der Waals surface area contributed by atoms with Crippen LogP contribution < -0.4 is 14.8 Å². The minimum atomic E-state index is -0.649. The first-order valence-electron chi connectivity index (χ1n) is 10.1. The number of methoxy groups -OCH3 is 2. The molecule has 0 saturated carbocycles. The van der Waals surface area contributed by atoms with E-state index in [4.69, 9.17) is 9.47 Å². The Labute approximate surface area is 194 Å². The number of urea groups is 1. The topological polar surface area (TPSA) is 88.2 Å². The summed E-state index contributed by atoms with van der Waals surface area (Å²) in [5.74, 6) is -0.433. The molecule has 0 aliphatic carbocycles. The van der Waals surface area contributed by atoms with Crippen LogP contribution in [0.25, 0.3) is 0 Å². The molecule has 2 aliphatic heterocycles. The van der Waals surface area contributed by atoms with Gasteiger partial charge in [0.05, 0.1) is 32.5 Å². The highest BCUT2D eigenvalue weighted by molar-refractivity contribution is 8.03. The van der Waals surface area contributed by atoms with Crippen molar-refractivity contribution in [2.45, 2.75) is 17.8 Å². The minimum Gasteiger partial charge on any atom is -0.497 e. The molecule has 2 atom stereocenters. The second kappa shape index (κ2) is 9.53. The molecule has 0 bridgehead atoms. The van der Waals surface area contributed by atoms with Gasteiger partial charge in [0, 0.05) is 11.6 Å². The first kappa shape index (κ1) is 22.7. The number of fused-ring (bicyclic) bond motifs is 1. The highest BCUT2D eigenvalue weighted by Gasteiger charge is 2.47. The van der Waals surface area contributed by atoms with E-state index in [1.807, 2.05) is 0 Å². The fourth-order valence-corrected chi connectivity index (χ4v) is 4.83. The maximum Gasteiger partial charge on any atom is 0.328 e. The van der Waals surface area contributed by atoms with E-state index in [9.17, 15) is 18.8 Å². The van der Waals surface area contributed by atoms with Gasteiger partial charge in [-0.25, -0.2) is 9.18 Å². The Morgan fingerprint density at radius 3 is 2.67 bits per heavy atom. The number of benzene rings is 2. The summed E-state index contributed by atoms with van der Waals surface area (Å²) in [6.07, 6.45) is 1.73. The standard InChI is InChI=1S/C23H22FN3O5S/c1-31-15-7-8-19(32-2)17(11-15)25-20(28)13-26-18-9-10-33-21(18)22(29)27(23(26)30)12-14-5-3-4-6-16(14)24/h3-11,18,21H,12-13H2,1-2H3,(H,25,28). The average molecular weight is 472 g/mol. The molecule has 4 amide bonds. The normalized spacial score (nSPS) is 19.5. The number of nitrogens with one attached hydrogen (secondary N) is 1. The Morgan fingerprint density at radius 1 is 1.15 bits per heavy atom. The van der Waals surface area contributed by atoms with Crippen LogP contribution in [0.15, 0.2) is 53.9 Å². The summed E-state index contributed by atoms with van der Waals surface area (Å²) in [6.45, 7) is -0.512. The number of anilines is 1. The van der Waals surface area contributed by atoms with Gasteiger partial charge in [0.2, 0.25) is 11.8 Å². The van der Waals surface area contributed by atoms with Crippen molar-refractivity contribution in [3.63, 3.8) is 0 Å². The van der Waals surface area contributed by atoms with Gasteiger partial charge in [-0.2, -0.15) is 0 Å². The van der Waals surface area contributed by atoms with E-state index < -0.39 is 35.0 Å². The van der Waals surface area contributed by atoms with Crippen LogP contribution in [0.2, 0.25) is 0 Å². The summed E-state index contributed by atoms with van der Waals surface area (Å²) in [7, 11) is 2.98. The Kier molecular flexibility index (Phi) is 6.55. The van der Waals surface area contributed by atoms with E-state index in [1.54, 1.807) is 35.7 Å². The smallest absolute Gasteiger partial charge is 0.328 e. The Bertz CT molecular complexity index is 1130. The monoisotopic (exact) mass is 471 g/mol. The van der Waals surface area contributed by atoms with Crippen molar-refractivity contribution in [3.8, 4) is 11.5 Å². The zero-order chi connectivity index (χ0) is 23.5. The number of rotatable bonds is 7. The fraction of sp³-hybridized carbons (Fsp3) is 0.261. The van der Waals surface area contributed by atoms with Gasteiger partial charge < -0.3 is 19.7 Å². The second-order valence-electron chi connectivity index (χ2n) is 7.42. The number of ether oxygens (including phenoxy) is 2. The van der Waals surface area contributed by atoms with E-state index in [0.717, 1.165) is 4.90 Å². The first-order valence-corrected chi connectivity index (χ1v) is 11.1. The summed E-state index contributed by atoms with van der Waals surface area (Å²) in [6, 6.07) is 9.71. The van der Waals surface area contributed by atoms with Gasteiger partial charge in [-0.1, -0.05) is 24.3 Å². The van der Waals surface area contributed by atoms with Gasteiger partial charge in [-0.3, -0.25) is 14.5 Å². The van der Waals surface area contributed by atoms with Crippen molar-refractivity contribution in [2.75, 3.05) is 26.1 Å². The predicted octanol–water partition coefficient (Wildman–Crippen LogP) is 3.24. The van der Waals surface area contributed by atoms with Crippen molar-refractivity contribution in [1.82, 2.24) is 9.80 Å². The Hall–Kier alpha value is -3.53. The lowest BCUT2D eigenvalue weighted by molar-refractivity contribution is -0.133. The molecule has 2 unspecified atom stereocenters. The maximum absolute atomic E-state index is 14.2. The Morgan fingerprint density at radius 2 is 1.94 bits per heavy atom. The van der Waals surface area contributed by atoms with Crippen LogP contribution in [-0.2, 0) is 16.1 Å². The molecule has 172 valence electrons. The third kappa shape index (κ3) is 4.51. The molecule has 2 aromatic carbocycles. The molecule has 33 heavy (non-hydrogen) atoms. The van der Waals surface area contributed by atoms with Crippen molar-refractivity contribution < 1.29 is 28.2 Å². The molecule has 1 fully saturated rings. The van der Waals surface area contributed by atoms with Crippen LogP contribution in [0.1, 0.15) is 5.56 Å². The van der Waals surface area contributed by atoms with Crippen molar-refractivity contribution in [3.05, 3.63) is 65.3 Å². The summed E-state index contributed by atoms with van der Waals surface area (Å²) in [5.41, 5.74) is 0.609. The summed E-state index contributed by atoms with van der Waals surface area (Å²) >= 11 is 1.27. The molecule has 8 nitrogen and oxygen atoms in total. The molecule has 0 aromatic heterocycles. The number of carbonyl (C=O) groups is 3. The number of hydrogen-bond donors (Lipinski definition) is 1. The van der Waals surface area contributed by atoms with Crippen LogP contribution in [0.4, 0.5) is 14.9 Å². The maximum atomic E-state index is 14.2. The van der Waals surface area contributed by atoms with E-state index >= 15 is 0 Å². The quantitative estimate of drug-likeness (QED) is 0.667. The van der Waals surface area contributed by atoms with Gasteiger partial charge in [0.25, 0.3) is 0 Å². The zero-order valence-electron chi connectivity index (χ0n) is 18.0. The molecular formula is C23H22FN3O5S. The fourth-order valence-electron chi connectivity index (χ4n) is 3.77. The van der Waals surface area contributed by atoms with E-state index in [2.05, 4.69) is 5.32 Å². The predicted molar refractivity (Wildman–Crippen MR) is 122 cm³/mol. The van der Waals surface area contributed by atoms with Gasteiger partial charge >= 0.3 is 6.03 Å². The SMILES string of the molecule is COc1ccc(OC)c(NC(=O)CN2C(=O)N(Cc3ccccc3F)C(=O)C3SC=CC32)c1. The van der Waals surface area contributed by atoms with Gasteiger partial charge in [0.1, 0.15) is 29.1 Å². The van der Waals surface area contributed by atoms with Crippen LogP contribution in [0.5, 0.6) is 11.5 Å². The minimum absolute atomic E-state index is 0.212. The number of halogens is 1. The molecule has 1 saturated heterocycles. The first-order chi connectivity index (χ1) is 15.9. The van der Waals surface area contributed by atoms with Crippen LogP contribution in [0.3, 0.4) is 0 Å². The van der Waals surface area contributed by atoms with Gasteiger partial charge in [0.15, 0.2) is 0 Å². The number of nitrogens with zero attached hydrogens (tertiary/aromatic N) is 2. The van der Waals surface area contributed by atoms with Crippen LogP contribution >= 0.6 is 11.8 Å². The highest BCUT2D eigenvalue weighted by atomic mass is 32.2. The molecule has 2 aliphatic rings. The number of amides is 4. The number of imide groups is 1. The number of carbonyl (C=O) groups excluding carboxylic acids is 3. The van der Waals surface area contributed by atoms with E-state index in [1.165, 1.54) is 49.1 Å². The average Bonchev–Trinajstić information content (AvgIpc) is 3.30. The molecular weight excluding hydrogens is 449 g/mol. The van der Waals surface area contributed by atoms with Gasteiger partial charge in [-0.05, 0) is 23.6 Å². The second-order valence-corrected chi connectivity index (χ2v) is 8.47. The van der Waals surface area contributed by atoms with Crippen molar-refractivity contribution in [1.29, 1.82) is 0 Å². The molecule has 10 heteroatoms. The molecule has 0 spiro atoms. The highest BCUT2D eigenvalue weighted by Crippen LogP contribution is 2.35. The number of hydrogen-bond acceptors (Lipinski definition) is 6. The summed E-state index contributed by atoms with van der Waals surface area (Å²) in [5, 5.41) is 3.89. The third-order valence-electron chi connectivity index (χ3n) is 5.44. The lowest BCUT2D eigenvalue weighted by atomic mass is 10.1. The lowest BCUT2D eigenvalue weighted by Crippen LogP contribution is -2.62. The molecule has 2 heterocycles. The van der Waals surface area contributed by atoms with Gasteiger partial charge in [-0.15, -0.1) is 11.8 Å². The Balaban J connectivity index is 1.55. The zero-order valence-corrected chi connectivity index (χ0v) is 18.8. The summed E-state index contributed by atoms with van der Waals surface area (Å²) < 4.78 is 24.7. The van der Waals surface area contributed by atoms with Crippen LogP contribution in [-0.4, -0.2) is 59.7 Å². The number of thioether (sulfide) groups is 1. The molecule has 0 radical (unpaired) electrons. The van der Waals surface area contributed by atoms with E-state index in [-0.39, 0.29) is 18.7 Å². The lowest BCUT2D eigenvalue weighted by Gasteiger charge is -2.41. The van der Waals surface area contributed by atoms with Crippen LogP contribution in [0, 0.1) is 5.82 Å². The molecule has 2 aromatic rings. The van der Waals surface area contributed by atoms with E-state index in [0.29, 0.717) is 17.2 Å².